The van der Waals surface area contributed by atoms with Crippen LogP contribution in [0.4, 0.5) is 0 Å². The van der Waals surface area contributed by atoms with Crippen LogP contribution in [-0.4, -0.2) is 54.5 Å². The number of aliphatic hydroxyl groups is 4. The van der Waals surface area contributed by atoms with Crippen LogP contribution in [0.25, 0.3) is 0 Å². The van der Waals surface area contributed by atoms with Gasteiger partial charge in [0.05, 0.1) is 6.61 Å². The third-order valence-corrected chi connectivity index (χ3v) is 4.39. The summed E-state index contributed by atoms with van der Waals surface area (Å²) in [4.78, 5) is 24.8. The van der Waals surface area contributed by atoms with Gasteiger partial charge in [-0.05, 0) is 5.56 Å². The van der Waals surface area contributed by atoms with E-state index in [0.29, 0.717) is 4.57 Å². The lowest BCUT2D eigenvalue weighted by molar-refractivity contribution is -0.0568. The van der Waals surface area contributed by atoms with E-state index in [0.717, 1.165) is 22.4 Å². The Kier molecular flexibility index (Phi) is 5.35. The van der Waals surface area contributed by atoms with Gasteiger partial charge in [0.15, 0.2) is 6.23 Å². The maximum absolute atomic E-state index is 12.7. The molecule has 0 bridgehead atoms. The van der Waals surface area contributed by atoms with E-state index < -0.39 is 48.6 Å². The fourth-order valence-corrected chi connectivity index (χ4v) is 3.00. The summed E-state index contributed by atoms with van der Waals surface area (Å²) in [5, 5.41) is 39.5. The highest BCUT2D eigenvalue weighted by Crippen LogP contribution is 2.27. The second kappa shape index (κ2) is 7.52. The minimum Gasteiger partial charge on any atom is -0.394 e. The highest BCUT2D eigenvalue weighted by atomic mass is 16.6. The van der Waals surface area contributed by atoms with Gasteiger partial charge in [0.2, 0.25) is 0 Å². The Hall–Kier alpha value is -2.30. The molecule has 0 amide bonds. The maximum atomic E-state index is 12.7. The standard InChI is InChI=1S/C17H20N2O7/c20-9-11-14(23)15(24)16(26-11)18-7-6-12(21)19(17(18)25)13(22)8-10-4-2-1-3-5-10/h1-7,11,13-16,20,22-24H,8-9H2/t11-,13?,14-,15-,16-/m1/s1. The van der Waals surface area contributed by atoms with Gasteiger partial charge in [0.1, 0.15) is 24.5 Å². The number of aromatic nitrogens is 2. The number of hydrogen-bond donors (Lipinski definition) is 4. The van der Waals surface area contributed by atoms with Crippen LogP contribution in [0.5, 0.6) is 0 Å². The normalized spacial score (nSPS) is 26.8. The molecule has 3 rings (SSSR count). The zero-order chi connectivity index (χ0) is 18.8. The Balaban J connectivity index is 1.95. The third kappa shape index (κ3) is 3.35. The van der Waals surface area contributed by atoms with E-state index >= 15 is 0 Å². The highest BCUT2D eigenvalue weighted by Gasteiger charge is 2.44. The fraction of sp³-hybridized carbons (Fsp3) is 0.412. The van der Waals surface area contributed by atoms with Crippen LogP contribution < -0.4 is 11.2 Å². The van der Waals surface area contributed by atoms with Crippen molar-refractivity contribution in [3.8, 4) is 0 Å². The number of nitrogens with zero attached hydrogens (tertiary/aromatic N) is 2. The van der Waals surface area contributed by atoms with Crippen LogP contribution in [0.1, 0.15) is 18.0 Å². The van der Waals surface area contributed by atoms with Gasteiger partial charge in [-0.2, -0.15) is 0 Å². The van der Waals surface area contributed by atoms with Crippen molar-refractivity contribution in [3.05, 3.63) is 69.0 Å². The Morgan fingerprint density at radius 2 is 1.77 bits per heavy atom. The van der Waals surface area contributed by atoms with Crippen molar-refractivity contribution < 1.29 is 25.2 Å². The monoisotopic (exact) mass is 364 g/mol. The minimum absolute atomic E-state index is 0.0377. The molecule has 1 unspecified atom stereocenters. The first-order chi connectivity index (χ1) is 12.4. The first-order valence-corrected chi connectivity index (χ1v) is 8.12. The van der Waals surface area contributed by atoms with Crippen LogP contribution >= 0.6 is 0 Å². The molecule has 9 heteroatoms. The molecule has 0 aliphatic carbocycles. The summed E-state index contributed by atoms with van der Waals surface area (Å²) in [5.74, 6) is 0. The molecule has 1 saturated heterocycles. The highest BCUT2D eigenvalue weighted by molar-refractivity contribution is 5.15. The van der Waals surface area contributed by atoms with Crippen LogP contribution in [0.2, 0.25) is 0 Å². The minimum atomic E-state index is -1.47. The average molecular weight is 364 g/mol. The van der Waals surface area contributed by atoms with E-state index in [9.17, 15) is 24.9 Å². The Morgan fingerprint density at radius 3 is 2.38 bits per heavy atom. The molecule has 1 aromatic heterocycles. The molecular formula is C17H20N2O7. The van der Waals surface area contributed by atoms with Gasteiger partial charge in [0, 0.05) is 18.7 Å². The molecule has 0 saturated carbocycles. The fourth-order valence-electron chi connectivity index (χ4n) is 3.00. The van der Waals surface area contributed by atoms with Crippen molar-refractivity contribution in [1.82, 2.24) is 9.13 Å². The summed E-state index contributed by atoms with van der Waals surface area (Å²) in [5.41, 5.74) is -0.869. The zero-order valence-corrected chi connectivity index (χ0v) is 13.8. The molecule has 140 valence electrons. The Labute approximate surface area is 148 Å². The molecule has 1 aliphatic rings. The van der Waals surface area contributed by atoms with Crippen molar-refractivity contribution in [2.75, 3.05) is 6.61 Å². The van der Waals surface area contributed by atoms with Crippen molar-refractivity contribution in [3.63, 3.8) is 0 Å². The Morgan fingerprint density at radius 1 is 1.08 bits per heavy atom. The van der Waals surface area contributed by atoms with Crippen molar-refractivity contribution >= 4 is 0 Å². The van der Waals surface area contributed by atoms with E-state index in [4.69, 9.17) is 9.84 Å². The number of hydrogen-bond acceptors (Lipinski definition) is 7. The molecule has 1 aromatic carbocycles. The van der Waals surface area contributed by atoms with Gasteiger partial charge < -0.3 is 25.2 Å². The lowest BCUT2D eigenvalue weighted by Gasteiger charge is -2.20. The van der Waals surface area contributed by atoms with Crippen molar-refractivity contribution in [1.29, 1.82) is 0 Å². The molecule has 9 nitrogen and oxygen atoms in total. The number of benzene rings is 1. The van der Waals surface area contributed by atoms with E-state index in [1.807, 2.05) is 0 Å². The molecular weight excluding hydrogens is 344 g/mol. The number of rotatable bonds is 5. The molecule has 4 N–H and O–H groups in total. The summed E-state index contributed by atoms with van der Waals surface area (Å²) in [6, 6.07) is 9.91. The van der Waals surface area contributed by atoms with Gasteiger partial charge >= 0.3 is 5.69 Å². The Bertz CT molecular complexity index is 863. The quantitative estimate of drug-likeness (QED) is 0.500. The van der Waals surface area contributed by atoms with E-state index in [2.05, 4.69) is 0 Å². The zero-order valence-electron chi connectivity index (χ0n) is 13.8. The smallest absolute Gasteiger partial charge is 0.335 e. The second-order valence-corrected chi connectivity index (χ2v) is 6.11. The second-order valence-electron chi connectivity index (χ2n) is 6.11. The maximum Gasteiger partial charge on any atom is 0.335 e. The average Bonchev–Trinajstić information content (AvgIpc) is 2.91. The van der Waals surface area contributed by atoms with Crippen LogP contribution in [0, 0.1) is 0 Å². The SMILES string of the molecule is O=c1ccn([C@@H]2O[C@H](CO)[C@@H](O)[C@H]2O)c(=O)n1C(O)Cc1ccccc1. The summed E-state index contributed by atoms with van der Waals surface area (Å²) in [6.07, 6.45) is -5.45. The van der Waals surface area contributed by atoms with Crippen LogP contribution in [-0.2, 0) is 11.2 Å². The lowest BCUT2D eigenvalue weighted by Crippen LogP contribution is -2.45. The van der Waals surface area contributed by atoms with Gasteiger partial charge in [-0.25, -0.2) is 9.36 Å². The summed E-state index contributed by atoms with van der Waals surface area (Å²) in [7, 11) is 0. The summed E-state index contributed by atoms with van der Waals surface area (Å²) < 4.78 is 6.88. The number of ether oxygens (including phenoxy) is 1. The van der Waals surface area contributed by atoms with E-state index in [-0.39, 0.29) is 6.42 Å². The molecule has 2 aromatic rings. The van der Waals surface area contributed by atoms with Gasteiger partial charge in [-0.1, -0.05) is 30.3 Å². The molecule has 0 radical (unpaired) electrons. The third-order valence-electron chi connectivity index (χ3n) is 4.39. The molecule has 2 heterocycles. The predicted octanol–water partition coefficient (Wildman–Crippen LogP) is -1.64. The van der Waals surface area contributed by atoms with E-state index in [1.54, 1.807) is 30.3 Å². The molecule has 5 atom stereocenters. The number of aliphatic hydroxyl groups excluding tert-OH is 4. The van der Waals surface area contributed by atoms with Crippen molar-refractivity contribution in [2.45, 2.75) is 37.2 Å². The van der Waals surface area contributed by atoms with Gasteiger partial charge in [-0.3, -0.25) is 9.36 Å². The predicted molar refractivity (Wildman–Crippen MR) is 89.4 cm³/mol. The van der Waals surface area contributed by atoms with Crippen molar-refractivity contribution in [2.24, 2.45) is 0 Å². The van der Waals surface area contributed by atoms with Crippen LogP contribution in [0.3, 0.4) is 0 Å². The topological polar surface area (TPSA) is 134 Å². The molecule has 1 aliphatic heterocycles. The molecule has 26 heavy (non-hydrogen) atoms. The van der Waals surface area contributed by atoms with Gasteiger partial charge in [-0.15, -0.1) is 0 Å². The summed E-state index contributed by atoms with van der Waals surface area (Å²) in [6.45, 7) is -0.542. The van der Waals surface area contributed by atoms with Gasteiger partial charge in [0.25, 0.3) is 5.56 Å². The first-order valence-electron chi connectivity index (χ1n) is 8.12. The summed E-state index contributed by atoms with van der Waals surface area (Å²) >= 11 is 0. The molecule has 1 fully saturated rings. The molecule has 0 spiro atoms. The first kappa shape index (κ1) is 18.5. The lowest BCUT2D eigenvalue weighted by atomic mass is 10.1. The largest absolute Gasteiger partial charge is 0.394 e. The van der Waals surface area contributed by atoms with E-state index in [1.165, 1.54) is 0 Å². The van der Waals surface area contributed by atoms with Crippen LogP contribution in [0.15, 0.2) is 52.2 Å².